The molecule has 19 heavy (non-hydrogen) atoms. The summed E-state index contributed by atoms with van der Waals surface area (Å²) in [5.74, 6) is 0. The van der Waals surface area contributed by atoms with Crippen molar-refractivity contribution in [1.29, 1.82) is 0 Å². The van der Waals surface area contributed by atoms with Gasteiger partial charge in [-0.1, -0.05) is 11.3 Å². The molecule has 96 valence electrons. The molecule has 1 aromatic carbocycles. The molecule has 1 unspecified atom stereocenters. The smallest absolute Gasteiger partial charge is 0.324 e. The lowest BCUT2D eigenvalue weighted by atomic mass is 10.2. The van der Waals surface area contributed by atoms with Gasteiger partial charge in [-0.3, -0.25) is 10.00 Å². The molecule has 1 atom stereocenters. The largest absolute Gasteiger partial charge is 0.336 e. The normalized spacial score (nSPS) is 19.5. The van der Waals surface area contributed by atoms with Crippen LogP contribution < -0.4 is 10.2 Å². The quantitative estimate of drug-likeness (QED) is 0.713. The highest BCUT2D eigenvalue weighted by Crippen LogP contribution is 2.34. The van der Waals surface area contributed by atoms with E-state index < -0.39 is 0 Å². The van der Waals surface area contributed by atoms with E-state index in [4.69, 9.17) is 0 Å². The number of amides is 2. The van der Waals surface area contributed by atoms with Crippen molar-refractivity contribution in [3.63, 3.8) is 0 Å². The molecule has 1 saturated heterocycles. The van der Waals surface area contributed by atoms with Crippen molar-refractivity contribution in [2.24, 2.45) is 0 Å². The van der Waals surface area contributed by atoms with Crippen LogP contribution in [0.15, 0.2) is 18.3 Å². The number of nitrogens with one attached hydrogen (secondary N) is 2. The van der Waals surface area contributed by atoms with Gasteiger partial charge < -0.3 is 5.32 Å². The van der Waals surface area contributed by atoms with Gasteiger partial charge in [-0.15, -0.1) is 0 Å². The summed E-state index contributed by atoms with van der Waals surface area (Å²) in [6, 6.07) is 4.05. The lowest BCUT2D eigenvalue weighted by Gasteiger charge is -2.15. The minimum Gasteiger partial charge on any atom is -0.336 e. The third kappa shape index (κ3) is 1.45. The Kier molecular flexibility index (Phi) is 2.08. The van der Waals surface area contributed by atoms with Gasteiger partial charge in [-0.05, 0) is 19.1 Å². The first-order valence-corrected chi connectivity index (χ1v) is 6.85. The van der Waals surface area contributed by atoms with Gasteiger partial charge in [-0.2, -0.15) is 5.10 Å². The minimum absolute atomic E-state index is 0.0741. The van der Waals surface area contributed by atoms with Gasteiger partial charge in [0.05, 0.1) is 28.0 Å². The first kappa shape index (κ1) is 10.7. The van der Waals surface area contributed by atoms with Crippen LogP contribution in [0.2, 0.25) is 0 Å². The fraction of sp³-hybridized carbons (Fsp3) is 0.250. The van der Waals surface area contributed by atoms with Gasteiger partial charge in [0.25, 0.3) is 0 Å². The third-order valence-corrected chi connectivity index (χ3v) is 4.40. The third-order valence-electron chi connectivity index (χ3n) is 3.38. The zero-order valence-corrected chi connectivity index (χ0v) is 11.0. The van der Waals surface area contributed by atoms with E-state index >= 15 is 0 Å². The van der Waals surface area contributed by atoms with Gasteiger partial charge in [0.1, 0.15) is 0 Å². The maximum absolute atomic E-state index is 11.8. The lowest BCUT2D eigenvalue weighted by molar-refractivity contribution is 0.252. The molecule has 6 nitrogen and oxygen atoms in total. The monoisotopic (exact) mass is 273 g/mol. The molecule has 1 aliphatic rings. The van der Waals surface area contributed by atoms with Crippen molar-refractivity contribution in [1.82, 2.24) is 20.5 Å². The number of anilines is 1. The number of urea groups is 1. The second kappa shape index (κ2) is 3.67. The number of carbonyl (C=O) groups is 1. The average Bonchev–Trinajstić information content (AvgIpc) is 3.06. The SMILES string of the molecule is CC1CNC(=O)N1c1nc2c(ccc3[nH]ncc32)s1. The Labute approximate surface area is 112 Å². The molecule has 1 fully saturated rings. The van der Waals surface area contributed by atoms with E-state index in [-0.39, 0.29) is 12.1 Å². The zero-order valence-electron chi connectivity index (χ0n) is 10.2. The summed E-state index contributed by atoms with van der Waals surface area (Å²) in [4.78, 5) is 18.2. The van der Waals surface area contributed by atoms with E-state index in [1.54, 1.807) is 11.1 Å². The van der Waals surface area contributed by atoms with Crippen molar-refractivity contribution in [3.05, 3.63) is 18.3 Å². The second-order valence-electron chi connectivity index (χ2n) is 4.65. The Hall–Kier alpha value is -2.15. The molecule has 0 aliphatic carbocycles. The molecule has 2 amide bonds. The molecule has 2 aromatic heterocycles. The maximum Gasteiger partial charge on any atom is 0.324 e. The van der Waals surface area contributed by atoms with E-state index in [2.05, 4.69) is 20.5 Å². The Morgan fingerprint density at radius 2 is 2.37 bits per heavy atom. The number of aromatic nitrogens is 3. The molecule has 3 aromatic rings. The molecule has 3 heterocycles. The highest BCUT2D eigenvalue weighted by molar-refractivity contribution is 7.22. The van der Waals surface area contributed by atoms with Crippen molar-refractivity contribution in [3.8, 4) is 0 Å². The van der Waals surface area contributed by atoms with E-state index in [1.165, 1.54) is 11.3 Å². The summed E-state index contributed by atoms with van der Waals surface area (Å²) in [6.45, 7) is 2.67. The van der Waals surface area contributed by atoms with Crippen molar-refractivity contribution < 1.29 is 4.79 Å². The van der Waals surface area contributed by atoms with E-state index in [0.717, 1.165) is 26.3 Å². The Morgan fingerprint density at radius 3 is 3.16 bits per heavy atom. The number of H-pyrrole nitrogens is 1. The summed E-state index contributed by atoms with van der Waals surface area (Å²) in [6.07, 6.45) is 1.77. The van der Waals surface area contributed by atoms with Crippen molar-refractivity contribution in [2.75, 3.05) is 11.4 Å². The van der Waals surface area contributed by atoms with Gasteiger partial charge in [0, 0.05) is 11.9 Å². The molecule has 0 radical (unpaired) electrons. The van der Waals surface area contributed by atoms with E-state index in [9.17, 15) is 4.79 Å². The Bertz CT molecular complexity index is 792. The van der Waals surface area contributed by atoms with Crippen LogP contribution in [0.3, 0.4) is 0 Å². The summed E-state index contributed by atoms with van der Waals surface area (Å²) >= 11 is 1.53. The molecular weight excluding hydrogens is 262 g/mol. The summed E-state index contributed by atoms with van der Waals surface area (Å²) in [5, 5.41) is 11.5. The Morgan fingerprint density at radius 1 is 1.47 bits per heavy atom. The molecular formula is C12H11N5OS. The molecule has 7 heteroatoms. The van der Waals surface area contributed by atoms with Crippen LogP contribution in [0.25, 0.3) is 21.1 Å². The predicted molar refractivity (Wildman–Crippen MR) is 74.6 cm³/mol. The fourth-order valence-electron chi connectivity index (χ4n) is 2.39. The fourth-order valence-corrected chi connectivity index (χ4v) is 3.47. The average molecular weight is 273 g/mol. The highest BCUT2D eigenvalue weighted by atomic mass is 32.1. The number of benzene rings is 1. The van der Waals surface area contributed by atoms with Gasteiger partial charge in [0.2, 0.25) is 0 Å². The number of thiazole rings is 1. The highest BCUT2D eigenvalue weighted by Gasteiger charge is 2.31. The zero-order chi connectivity index (χ0) is 13.0. The maximum atomic E-state index is 11.8. The number of carbonyl (C=O) groups excluding carboxylic acids is 1. The summed E-state index contributed by atoms with van der Waals surface area (Å²) in [7, 11) is 0. The van der Waals surface area contributed by atoms with Crippen molar-refractivity contribution >= 4 is 43.6 Å². The van der Waals surface area contributed by atoms with Crippen LogP contribution in [0.5, 0.6) is 0 Å². The molecule has 0 saturated carbocycles. The van der Waals surface area contributed by atoms with Gasteiger partial charge >= 0.3 is 6.03 Å². The van der Waals surface area contributed by atoms with E-state index in [1.807, 2.05) is 19.1 Å². The van der Waals surface area contributed by atoms with Crippen molar-refractivity contribution in [2.45, 2.75) is 13.0 Å². The number of fused-ring (bicyclic) bond motifs is 3. The minimum atomic E-state index is -0.0741. The number of nitrogens with zero attached hydrogens (tertiary/aromatic N) is 3. The number of hydrogen-bond acceptors (Lipinski definition) is 4. The predicted octanol–water partition coefficient (Wildman–Crippen LogP) is 2.09. The van der Waals surface area contributed by atoms with Crippen LogP contribution in [0, 0.1) is 0 Å². The molecule has 0 spiro atoms. The van der Waals surface area contributed by atoms with Crippen LogP contribution in [0.1, 0.15) is 6.92 Å². The topological polar surface area (TPSA) is 73.9 Å². The Balaban J connectivity index is 1.94. The van der Waals surface area contributed by atoms with Crippen LogP contribution >= 0.6 is 11.3 Å². The first-order valence-electron chi connectivity index (χ1n) is 6.04. The molecule has 0 bridgehead atoms. The van der Waals surface area contributed by atoms with Crippen LogP contribution in [-0.2, 0) is 0 Å². The molecule has 4 rings (SSSR count). The number of aromatic amines is 1. The summed E-state index contributed by atoms with van der Waals surface area (Å²) in [5.41, 5.74) is 1.86. The number of hydrogen-bond donors (Lipinski definition) is 2. The molecule has 2 N–H and O–H groups in total. The van der Waals surface area contributed by atoms with Crippen LogP contribution in [-0.4, -0.2) is 33.8 Å². The standard InChI is InChI=1S/C12H11N5OS/c1-6-4-13-11(18)17(6)12-15-10-7-5-14-16-8(7)2-3-9(10)19-12/h2-3,5-6H,4H2,1H3,(H,13,18)(H,14,16). The van der Waals surface area contributed by atoms with E-state index in [0.29, 0.717) is 6.54 Å². The number of rotatable bonds is 1. The van der Waals surface area contributed by atoms with Gasteiger partial charge in [-0.25, -0.2) is 9.78 Å². The summed E-state index contributed by atoms with van der Waals surface area (Å²) < 4.78 is 1.07. The van der Waals surface area contributed by atoms with Crippen LogP contribution in [0.4, 0.5) is 9.93 Å². The second-order valence-corrected chi connectivity index (χ2v) is 5.65. The first-order chi connectivity index (χ1) is 9.24. The molecule has 1 aliphatic heterocycles. The lowest BCUT2D eigenvalue weighted by Crippen LogP contribution is -2.32. The van der Waals surface area contributed by atoms with Gasteiger partial charge in [0.15, 0.2) is 5.13 Å².